The van der Waals surface area contributed by atoms with E-state index in [1.54, 1.807) is 0 Å². The van der Waals surface area contributed by atoms with Gasteiger partial charge in [-0.25, -0.2) is 0 Å². The molecule has 1 unspecified atom stereocenters. The molecule has 0 bridgehead atoms. The van der Waals surface area contributed by atoms with E-state index in [4.69, 9.17) is 5.11 Å². The predicted octanol–water partition coefficient (Wildman–Crippen LogP) is 0.141. The Balaban J connectivity index is 2.70. The van der Waals surface area contributed by atoms with E-state index in [2.05, 4.69) is 5.32 Å². The van der Waals surface area contributed by atoms with Crippen molar-refractivity contribution in [2.75, 3.05) is 13.2 Å². The standard InChI is InChI=1S/C8H15NO2/c1-6(2)8(5-10)3-7(11)9-4-8/h6,10H,3-5H2,1-2H3,(H,9,11). The molecule has 0 aromatic heterocycles. The highest BCUT2D eigenvalue weighted by atomic mass is 16.3. The highest BCUT2D eigenvalue weighted by Crippen LogP contribution is 2.33. The topological polar surface area (TPSA) is 49.3 Å². The van der Waals surface area contributed by atoms with E-state index in [1.807, 2.05) is 13.8 Å². The molecule has 1 rings (SSSR count). The van der Waals surface area contributed by atoms with Gasteiger partial charge in [-0.1, -0.05) is 13.8 Å². The number of aliphatic hydroxyl groups is 1. The molecule has 0 spiro atoms. The van der Waals surface area contributed by atoms with Crippen molar-refractivity contribution in [3.8, 4) is 0 Å². The molecule has 64 valence electrons. The fourth-order valence-corrected chi connectivity index (χ4v) is 1.42. The first kappa shape index (κ1) is 8.53. The number of carbonyl (C=O) groups is 1. The second kappa shape index (κ2) is 2.81. The largest absolute Gasteiger partial charge is 0.396 e. The van der Waals surface area contributed by atoms with Crippen LogP contribution in [0.15, 0.2) is 0 Å². The molecule has 2 N–H and O–H groups in total. The van der Waals surface area contributed by atoms with Gasteiger partial charge in [0.25, 0.3) is 0 Å². The zero-order valence-electron chi connectivity index (χ0n) is 7.05. The van der Waals surface area contributed by atoms with E-state index < -0.39 is 0 Å². The molecule has 0 aromatic carbocycles. The van der Waals surface area contributed by atoms with E-state index in [-0.39, 0.29) is 17.9 Å². The van der Waals surface area contributed by atoms with E-state index in [0.717, 1.165) is 0 Å². The summed E-state index contributed by atoms with van der Waals surface area (Å²) in [5, 5.41) is 11.9. The Kier molecular flexibility index (Phi) is 2.18. The zero-order chi connectivity index (χ0) is 8.48. The number of aliphatic hydroxyl groups excluding tert-OH is 1. The third-order valence-electron chi connectivity index (χ3n) is 2.69. The van der Waals surface area contributed by atoms with Crippen LogP contribution >= 0.6 is 0 Å². The molecule has 3 heteroatoms. The number of amides is 1. The summed E-state index contributed by atoms with van der Waals surface area (Å²) in [5.41, 5.74) is -0.197. The molecule has 3 nitrogen and oxygen atoms in total. The second-order valence-electron chi connectivity index (χ2n) is 3.63. The first-order valence-corrected chi connectivity index (χ1v) is 3.98. The SMILES string of the molecule is CC(C)C1(CO)CNC(=O)C1. The van der Waals surface area contributed by atoms with E-state index >= 15 is 0 Å². The van der Waals surface area contributed by atoms with Crippen LogP contribution < -0.4 is 5.32 Å². The van der Waals surface area contributed by atoms with Gasteiger partial charge in [0, 0.05) is 18.4 Å². The van der Waals surface area contributed by atoms with Crippen LogP contribution in [-0.4, -0.2) is 24.2 Å². The molecular formula is C8H15NO2. The van der Waals surface area contributed by atoms with Crippen molar-refractivity contribution in [2.24, 2.45) is 11.3 Å². The predicted molar refractivity (Wildman–Crippen MR) is 42.0 cm³/mol. The van der Waals surface area contributed by atoms with Crippen molar-refractivity contribution in [3.63, 3.8) is 0 Å². The Morgan fingerprint density at radius 3 is 2.55 bits per heavy atom. The number of nitrogens with one attached hydrogen (secondary N) is 1. The van der Waals surface area contributed by atoms with Gasteiger partial charge in [0.05, 0.1) is 6.61 Å². The Morgan fingerprint density at radius 2 is 2.36 bits per heavy atom. The van der Waals surface area contributed by atoms with Crippen molar-refractivity contribution in [1.82, 2.24) is 5.32 Å². The quantitative estimate of drug-likeness (QED) is 0.599. The van der Waals surface area contributed by atoms with Gasteiger partial charge in [-0.3, -0.25) is 4.79 Å². The third kappa shape index (κ3) is 1.38. The highest BCUT2D eigenvalue weighted by Gasteiger charge is 2.40. The van der Waals surface area contributed by atoms with Crippen LogP contribution in [0.1, 0.15) is 20.3 Å². The number of hydrogen-bond donors (Lipinski definition) is 2. The summed E-state index contributed by atoms with van der Waals surface area (Å²) in [6.07, 6.45) is 0.473. The molecule has 1 saturated heterocycles. The minimum atomic E-state index is -0.197. The van der Waals surface area contributed by atoms with Gasteiger partial charge in [-0.15, -0.1) is 0 Å². The summed E-state index contributed by atoms with van der Waals surface area (Å²) in [6, 6.07) is 0. The van der Waals surface area contributed by atoms with Crippen molar-refractivity contribution in [1.29, 1.82) is 0 Å². The molecule has 1 aliphatic rings. The maximum Gasteiger partial charge on any atom is 0.220 e. The van der Waals surface area contributed by atoms with Gasteiger partial charge in [-0.05, 0) is 5.92 Å². The Hall–Kier alpha value is -0.570. The number of carbonyl (C=O) groups excluding carboxylic acids is 1. The van der Waals surface area contributed by atoms with Gasteiger partial charge in [-0.2, -0.15) is 0 Å². The molecule has 0 saturated carbocycles. The summed E-state index contributed by atoms with van der Waals surface area (Å²) in [6.45, 7) is 4.80. The molecule has 1 heterocycles. The minimum Gasteiger partial charge on any atom is -0.396 e. The fraction of sp³-hybridized carbons (Fsp3) is 0.875. The maximum atomic E-state index is 10.9. The Labute approximate surface area is 66.8 Å². The minimum absolute atomic E-state index is 0.0627. The molecule has 0 aromatic rings. The van der Waals surface area contributed by atoms with Crippen LogP contribution in [0.5, 0.6) is 0 Å². The fourth-order valence-electron chi connectivity index (χ4n) is 1.42. The third-order valence-corrected chi connectivity index (χ3v) is 2.69. The lowest BCUT2D eigenvalue weighted by Gasteiger charge is -2.28. The molecule has 0 radical (unpaired) electrons. The molecule has 1 fully saturated rings. The van der Waals surface area contributed by atoms with Crippen LogP contribution in [-0.2, 0) is 4.79 Å². The van der Waals surface area contributed by atoms with Crippen molar-refractivity contribution >= 4 is 5.91 Å². The van der Waals surface area contributed by atoms with Gasteiger partial charge >= 0.3 is 0 Å². The molecular weight excluding hydrogens is 142 g/mol. The summed E-state index contributed by atoms with van der Waals surface area (Å²) < 4.78 is 0. The first-order chi connectivity index (χ1) is 5.10. The number of rotatable bonds is 2. The summed E-state index contributed by atoms with van der Waals surface area (Å²) in [7, 11) is 0. The lowest BCUT2D eigenvalue weighted by molar-refractivity contribution is -0.120. The van der Waals surface area contributed by atoms with Gasteiger partial charge < -0.3 is 10.4 Å². The lowest BCUT2D eigenvalue weighted by atomic mass is 9.77. The molecule has 0 aliphatic carbocycles. The summed E-state index contributed by atoms with van der Waals surface area (Å²) in [4.78, 5) is 10.9. The average Bonchev–Trinajstić information content (AvgIpc) is 2.33. The van der Waals surface area contributed by atoms with Crippen molar-refractivity contribution in [2.45, 2.75) is 20.3 Å². The Bertz CT molecular complexity index is 167. The van der Waals surface area contributed by atoms with E-state index in [9.17, 15) is 4.79 Å². The van der Waals surface area contributed by atoms with E-state index in [0.29, 0.717) is 18.9 Å². The van der Waals surface area contributed by atoms with Crippen LogP contribution in [0.2, 0.25) is 0 Å². The van der Waals surface area contributed by atoms with Crippen LogP contribution in [0, 0.1) is 11.3 Å². The molecule has 1 atom stereocenters. The Morgan fingerprint density at radius 1 is 1.73 bits per heavy atom. The lowest BCUT2D eigenvalue weighted by Crippen LogP contribution is -2.33. The van der Waals surface area contributed by atoms with Crippen LogP contribution in [0.25, 0.3) is 0 Å². The van der Waals surface area contributed by atoms with Crippen molar-refractivity contribution in [3.05, 3.63) is 0 Å². The van der Waals surface area contributed by atoms with Gasteiger partial charge in [0.1, 0.15) is 0 Å². The highest BCUT2D eigenvalue weighted by molar-refractivity contribution is 5.79. The first-order valence-electron chi connectivity index (χ1n) is 3.98. The van der Waals surface area contributed by atoms with Crippen LogP contribution in [0.4, 0.5) is 0 Å². The second-order valence-corrected chi connectivity index (χ2v) is 3.63. The van der Waals surface area contributed by atoms with Crippen molar-refractivity contribution < 1.29 is 9.90 Å². The van der Waals surface area contributed by atoms with Gasteiger partial charge in [0.2, 0.25) is 5.91 Å². The molecule has 1 aliphatic heterocycles. The van der Waals surface area contributed by atoms with E-state index in [1.165, 1.54) is 0 Å². The van der Waals surface area contributed by atoms with Gasteiger partial charge in [0.15, 0.2) is 0 Å². The molecule has 11 heavy (non-hydrogen) atoms. The summed E-state index contributed by atoms with van der Waals surface area (Å²) in [5.74, 6) is 0.416. The monoisotopic (exact) mass is 157 g/mol. The number of hydrogen-bond acceptors (Lipinski definition) is 2. The van der Waals surface area contributed by atoms with Crippen LogP contribution in [0.3, 0.4) is 0 Å². The normalized spacial score (nSPS) is 31.1. The molecule has 1 amide bonds. The zero-order valence-corrected chi connectivity index (χ0v) is 7.05. The summed E-state index contributed by atoms with van der Waals surface area (Å²) >= 11 is 0. The average molecular weight is 157 g/mol. The smallest absolute Gasteiger partial charge is 0.220 e. The maximum absolute atomic E-state index is 10.9.